The number of halogens is 1. The molecule has 26 heavy (non-hydrogen) atoms. The Bertz CT molecular complexity index is 665. The van der Waals surface area contributed by atoms with Gasteiger partial charge in [-0.25, -0.2) is 0 Å². The second-order valence-corrected chi connectivity index (χ2v) is 8.25. The molecule has 5 heteroatoms. The fourth-order valence-electron chi connectivity index (χ4n) is 2.41. The van der Waals surface area contributed by atoms with E-state index in [1.54, 1.807) is 6.20 Å². The molecule has 0 fully saturated rings. The summed E-state index contributed by atoms with van der Waals surface area (Å²) >= 11 is 3.53. The highest BCUT2D eigenvalue weighted by Crippen LogP contribution is 2.26. The number of nitrogens with zero attached hydrogens (tertiary/aromatic N) is 2. The Hall–Kier alpha value is -1.62. The summed E-state index contributed by atoms with van der Waals surface area (Å²) in [7, 11) is 0. The number of carbonyl (C=O) groups excluding carboxylic acids is 1. The molecule has 0 aliphatic rings. The first-order valence-electron chi connectivity index (χ1n) is 9.24. The van der Waals surface area contributed by atoms with Gasteiger partial charge in [-0.05, 0) is 44.9 Å². The van der Waals surface area contributed by atoms with Gasteiger partial charge in [-0.3, -0.25) is 9.79 Å². The molecule has 1 N–H and O–H groups in total. The van der Waals surface area contributed by atoms with E-state index in [0.29, 0.717) is 5.56 Å². The number of nitrogens with one attached hydrogen (secondary N) is 1. The molecule has 0 bridgehead atoms. The predicted octanol–water partition coefficient (Wildman–Crippen LogP) is 5.78. The molecule has 0 unspecified atom stereocenters. The highest BCUT2D eigenvalue weighted by atomic mass is 79.9. The van der Waals surface area contributed by atoms with Crippen LogP contribution in [0.25, 0.3) is 0 Å². The van der Waals surface area contributed by atoms with Crippen LogP contribution in [0.2, 0.25) is 0 Å². The van der Waals surface area contributed by atoms with Gasteiger partial charge in [-0.2, -0.15) is 0 Å². The minimum atomic E-state index is -0.247. The van der Waals surface area contributed by atoms with Crippen LogP contribution in [-0.4, -0.2) is 23.8 Å². The van der Waals surface area contributed by atoms with Crippen LogP contribution >= 0.6 is 15.9 Å². The lowest BCUT2D eigenvalue weighted by atomic mass is 10.0. The molecule has 0 saturated carbocycles. The second-order valence-electron chi connectivity index (χ2n) is 7.34. The number of amides is 1. The van der Waals surface area contributed by atoms with Crippen molar-refractivity contribution in [3.05, 3.63) is 41.0 Å². The third-order valence-electron chi connectivity index (χ3n) is 4.20. The molecule has 1 rings (SSSR count). The number of rotatable bonds is 8. The Balaban J connectivity index is 3.29. The smallest absolute Gasteiger partial charge is 0.251 e. The van der Waals surface area contributed by atoms with Gasteiger partial charge in [0.1, 0.15) is 5.84 Å². The Kier molecular flexibility index (Phi) is 8.54. The molecule has 144 valence electrons. The van der Waals surface area contributed by atoms with Crippen molar-refractivity contribution in [2.75, 3.05) is 11.4 Å². The number of hydrogen-bond donors (Lipinski definition) is 1. The Labute approximate surface area is 166 Å². The zero-order valence-electron chi connectivity index (χ0n) is 16.9. The van der Waals surface area contributed by atoms with Crippen molar-refractivity contribution in [2.24, 2.45) is 10.9 Å². The van der Waals surface area contributed by atoms with Crippen molar-refractivity contribution in [1.29, 1.82) is 0 Å². The van der Waals surface area contributed by atoms with Gasteiger partial charge in [-0.15, -0.1) is 0 Å². The molecule has 0 heterocycles. The van der Waals surface area contributed by atoms with Crippen molar-refractivity contribution in [3.63, 3.8) is 0 Å². The molecular weight excluding hydrogens is 390 g/mol. The average Bonchev–Trinajstić information content (AvgIpc) is 2.57. The monoisotopic (exact) mass is 421 g/mol. The van der Waals surface area contributed by atoms with Crippen LogP contribution < -0.4 is 10.2 Å². The Morgan fingerprint density at radius 2 is 2.00 bits per heavy atom. The maximum Gasteiger partial charge on any atom is 0.251 e. The first kappa shape index (κ1) is 22.4. The summed E-state index contributed by atoms with van der Waals surface area (Å²) in [5, 5.41) is 3.09. The number of anilines is 1. The van der Waals surface area contributed by atoms with E-state index in [1.807, 2.05) is 36.9 Å². The summed E-state index contributed by atoms with van der Waals surface area (Å²) in [6.45, 7) is 17.2. The largest absolute Gasteiger partial charge is 0.347 e. The summed E-state index contributed by atoms with van der Waals surface area (Å²) < 4.78 is 0.847. The van der Waals surface area contributed by atoms with Crippen LogP contribution in [-0.2, 0) is 0 Å². The predicted molar refractivity (Wildman–Crippen MR) is 116 cm³/mol. The van der Waals surface area contributed by atoms with Crippen LogP contribution in [0.1, 0.15) is 64.7 Å². The Morgan fingerprint density at radius 3 is 2.50 bits per heavy atom. The first-order chi connectivity index (χ1) is 12.1. The zero-order chi connectivity index (χ0) is 19.9. The molecule has 0 aliphatic heterocycles. The van der Waals surface area contributed by atoms with Crippen molar-refractivity contribution in [3.8, 4) is 0 Å². The zero-order valence-corrected chi connectivity index (χ0v) is 18.5. The maximum absolute atomic E-state index is 12.7. The highest BCUT2D eigenvalue weighted by molar-refractivity contribution is 9.10. The van der Waals surface area contributed by atoms with E-state index < -0.39 is 0 Å². The van der Waals surface area contributed by atoms with Crippen molar-refractivity contribution >= 4 is 33.4 Å². The number of benzene rings is 1. The van der Waals surface area contributed by atoms with E-state index >= 15 is 0 Å². The number of carbonyl (C=O) groups is 1. The molecule has 4 nitrogen and oxygen atoms in total. The molecule has 0 aromatic heterocycles. The third kappa shape index (κ3) is 6.27. The van der Waals surface area contributed by atoms with Crippen LogP contribution in [0.4, 0.5) is 5.69 Å². The summed E-state index contributed by atoms with van der Waals surface area (Å²) in [4.78, 5) is 19.4. The van der Waals surface area contributed by atoms with E-state index in [1.165, 1.54) is 0 Å². The molecule has 1 aromatic carbocycles. The first-order valence-corrected chi connectivity index (χ1v) is 10.0. The van der Waals surface area contributed by atoms with Gasteiger partial charge in [0.2, 0.25) is 0 Å². The van der Waals surface area contributed by atoms with Crippen LogP contribution in [0.15, 0.2) is 40.4 Å². The van der Waals surface area contributed by atoms with Gasteiger partial charge in [0.15, 0.2) is 0 Å². The molecule has 0 spiro atoms. The lowest BCUT2D eigenvalue weighted by Gasteiger charge is -2.27. The fourth-order valence-corrected chi connectivity index (χ4v) is 2.89. The minimum absolute atomic E-state index is 0.0833. The summed E-state index contributed by atoms with van der Waals surface area (Å²) in [6.07, 6.45) is 3.60. The highest BCUT2D eigenvalue weighted by Gasteiger charge is 2.21. The average molecular weight is 422 g/mol. The quantitative estimate of drug-likeness (QED) is 0.426. The van der Waals surface area contributed by atoms with Crippen LogP contribution in [0.5, 0.6) is 0 Å². The van der Waals surface area contributed by atoms with E-state index in [-0.39, 0.29) is 17.4 Å². The van der Waals surface area contributed by atoms with Gasteiger partial charge in [0.25, 0.3) is 5.91 Å². The van der Waals surface area contributed by atoms with Crippen molar-refractivity contribution in [2.45, 2.75) is 59.9 Å². The molecule has 1 aromatic rings. The van der Waals surface area contributed by atoms with E-state index in [2.05, 4.69) is 55.5 Å². The molecule has 1 amide bonds. The number of hydrogen-bond acceptors (Lipinski definition) is 2. The van der Waals surface area contributed by atoms with Gasteiger partial charge in [-0.1, -0.05) is 50.2 Å². The van der Waals surface area contributed by atoms with E-state index in [0.717, 1.165) is 35.4 Å². The molecule has 0 radical (unpaired) electrons. The lowest BCUT2D eigenvalue weighted by molar-refractivity contribution is 0.0911. The summed E-state index contributed by atoms with van der Waals surface area (Å²) in [5.74, 6) is 1.11. The van der Waals surface area contributed by atoms with Crippen molar-refractivity contribution < 1.29 is 4.79 Å². The lowest BCUT2D eigenvalue weighted by Crippen LogP contribution is -2.42. The molecule has 0 saturated heterocycles. The van der Waals surface area contributed by atoms with Crippen molar-refractivity contribution in [1.82, 2.24) is 5.32 Å². The van der Waals surface area contributed by atoms with Crippen LogP contribution in [0, 0.1) is 5.92 Å². The molecule has 0 aliphatic carbocycles. The second kappa shape index (κ2) is 9.91. The normalized spacial score (nSPS) is 12.2. The molecular formula is C21H32BrN3O. The van der Waals surface area contributed by atoms with Crippen LogP contribution in [0.3, 0.4) is 0 Å². The number of amidine groups is 1. The van der Waals surface area contributed by atoms with Gasteiger partial charge >= 0.3 is 0 Å². The molecule has 0 atom stereocenters. The van der Waals surface area contributed by atoms with E-state index in [9.17, 15) is 4.79 Å². The number of aliphatic imine (C=N–C) groups is 1. The van der Waals surface area contributed by atoms with Gasteiger partial charge < -0.3 is 10.2 Å². The standard InChI is InChI=1S/C21H32BrN3O/c1-8-11-23-19(15(4)5)25(10-3)18-13-16(12-17(22)14-18)20(26)24-21(6,7)9-2/h10,12-15H,3,8-9,11H2,1-2,4-7H3,(H,24,26). The van der Waals surface area contributed by atoms with Gasteiger partial charge in [0.05, 0.1) is 0 Å². The summed E-state index contributed by atoms with van der Waals surface area (Å²) in [6, 6.07) is 5.70. The SMILES string of the molecule is C=CN(C(=NCCC)C(C)C)c1cc(Br)cc(C(=O)NC(C)(C)CC)c1. The topological polar surface area (TPSA) is 44.7 Å². The summed E-state index contributed by atoms with van der Waals surface area (Å²) in [5.41, 5.74) is 1.24. The maximum atomic E-state index is 12.7. The third-order valence-corrected chi connectivity index (χ3v) is 4.66. The minimum Gasteiger partial charge on any atom is -0.347 e. The fraction of sp³-hybridized carbons (Fsp3) is 0.524. The Morgan fingerprint density at radius 1 is 1.35 bits per heavy atom. The van der Waals surface area contributed by atoms with E-state index in [4.69, 9.17) is 4.99 Å². The van der Waals surface area contributed by atoms with Gasteiger partial charge in [0, 0.05) is 39.9 Å².